The van der Waals surface area contributed by atoms with Crippen LogP contribution in [0.15, 0.2) is 24.4 Å². The van der Waals surface area contributed by atoms with Crippen molar-refractivity contribution >= 4 is 40.8 Å². The molecule has 8 nitrogen and oxygen atoms in total. The highest BCUT2D eigenvalue weighted by atomic mass is 35.5. The minimum atomic E-state index is -0.475. The van der Waals surface area contributed by atoms with Crippen LogP contribution in [0.1, 0.15) is 34.6 Å². The van der Waals surface area contributed by atoms with Gasteiger partial charge in [-0.1, -0.05) is 23.2 Å². The van der Waals surface area contributed by atoms with Crippen LogP contribution in [0.5, 0.6) is 0 Å². The van der Waals surface area contributed by atoms with E-state index in [-0.39, 0.29) is 17.5 Å². The number of aryl methyl sites for hydroxylation is 1. The maximum absolute atomic E-state index is 13.4. The van der Waals surface area contributed by atoms with Crippen LogP contribution >= 0.6 is 23.2 Å². The summed E-state index contributed by atoms with van der Waals surface area (Å²) in [5.41, 5.74) is 3.52. The number of amides is 2. The molecule has 3 aromatic rings. The number of nitrogens with one attached hydrogen (secondary N) is 1. The second kappa shape index (κ2) is 9.29. The van der Waals surface area contributed by atoms with E-state index in [4.69, 9.17) is 23.2 Å². The van der Waals surface area contributed by atoms with Crippen molar-refractivity contribution in [3.63, 3.8) is 0 Å². The zero-order chi connectivity index (χ0) is 23.9. The minimum Gasteiger partial charge on any atom is -0.347 e. The fourth-order valence-electron chi connectivity index (χ4n) is 4.33. The van der Waals surface area contributed by atoms with Crippen LogP contribution in [0.3, 0.4) is 0 Å². The number of rotatable bonds is 5. The predicted molar refractivity (Wildman–Crippen MR) is 129 cm³/mol. The molecule has 1 atom stereocenters. The molecule has 0 bridgehead atoms. The van der Waals surface area contributed by atoms with Gasteiger partial charge < -0.3 is 15.1 Å². The molecule has 1 aromatic carbocycles. The largest absolute Gasteiger partial charge is 0.347 e. The summed E-state index contributed by atoms with van der Waals surface area (Å²) in [6.07, 6.45) is 3.10. The Balaban J connectivity index is 1.85. The van der Waals surface area contributed by atoms with Crippen molar-refractivity contribution in [1.82, 2.24) is 29.5 Å². The molecule has 0 spiro atoms. The first kappa shape index (κ1) is 23.5. The summed E-state index contributed by atoms with van der Waals surface area (Å²) in [6.45, 7) is 2.97. The lowest BCUT2D eigenvalue weighted by molar-refractivity contribution is -0.132. The van der Waals surface area contributed by atoms with Crippen molar-refractivity contribution in [2.24, 2.45) is 0 Å². The molecule has 0 radical (unpaired) electrons. The molecule has 1 aliphatic heterocycles. The van der Waals surface area contributed by atoms with Crippen LogP contribution in [0.4, 0.5) is 0 Å². The van der Waals surface area contributed by atoms with Gasteiger partial charge in [0.2, 0.25) is 11.7 Å². The molecule has 174 valence electrons. The Labute approximate surface area is 202 Å². The fraction of sp³-hybridized carbons (Fsp3) is 0.391. The van der Waals surface area contributed by atoms with E-state index in [9.17, 15) is 9.59 Å². The smallest absolute Gasteiger partial charge is 0.274 e. The van der Waals surface area contributed by atoms with Crippen LogP contribution in [0.25, 0.3) is 17.0 Å². The fourth-order valence-corrected chi connectivity index (χ4v) is 4.82. The molecular formula is C23H26Cl2N6O2. The second-order valence-corrected chi connectivity index (χ2v) is 9.21. The molecule has 1 aliphatic rings. The maximum Gasteiger partial charge on any atom is 0.274 e. The van der Waals surface area contributed by atoms with Crippen molar-refractivity contribution < 1.29 is 9.59 Å². The Morgan fingerprint density at radius 2 is 2.00 bits per heavy atom. The topological polar surface area (TPSA) is 82.8 Å². The molecular weight excluding hydrogens is 463 g/mol. The molecule has 2 amide bonds. The van der Waals surface area contributed by atoms with Crippen molar-refractivity contribution in [3.8, 4) is 11.3 Å². The predicted octanol–water partition coefficient (Wildman–Crippen LogP) is 3.42. The van der Waals surface area contributed by atoms with Gasteiger partial charge in [-0.05, 0) is 45.0 Å². The zero-order valence-electron chi connectivity index (χ0n) is 19.0. The number of hydrogen-bond donors (Lipinski definition) is 1. The van der Waals surface area contributed by atoms with E-state index in [1.165, 1.54) is 4.90 Å². The Hall–Kier alpha value is -2.68. The number of likely N-dealkylation sites (tertiary alicyclic amines) is 1. The number of carbonyl (C=O) groups excluding carboxylic acids is 2. The molecule has 10 heteroatoms. The number of likely N-dealkylation sites (N-methyl/N-ethyl adjacent to an activating group) is 1. The Morgan fingerprint density at radius 3 is 2.67 bits per heavy atom. The van der Waals surface area contributed by atoms with Crippen molar-refractivity contribution in [1.29, 1.82) is 0 Å². The Bertz CT molecular complexity index is 1240. The lowest BCUT2D eigenvalue weighted by Gasteiger charge is -2.25. The summed E-state index contributed by atoms with van der Waals surface area (Å²) in [7, 11) is 5.26. The van der Waals surface area contributed by atoms with E-state index < -0.39 is 6.04 Å². The van der Waals surface area contributed by atoms with Gasteiger partial charge in [-0.2, -0.15) is 0 Å². The standard InChI is InChI=1S/C23H26Cl2N6O2/c1-13-16(11-26-2)20(15-8-7-14(24)10-17(15)25)31-12-18(28-23(31)27-13)21(32)30-9-5-6-19(30)22(33)29(3)4/h7-8,10,12,19,26H,5-6,9,11H2,1-4H3/t19-/m0/s1. The summed E-state index contributed by atoms with van der Waals surface area (Å²) < 4.78 is 1.79. The Kier molecular flexibility index (Phi) is 6.61. The maximum atomic E-state index is 13.4. The molecule has 4 rings (SSSR count). The van der Waals surface area contributed by atoms with Gasteiger partial charge >= 0.3 is 0 Å². The van der Waals surface area contributed by atoms with Gasteiger partial charge in [0.1, 0.15) is 11.7 Å². The number of halogens is 2. The van der Waals surface area contributed by atoms with Gasteiger partial charge in [0.25, 0.3) is 5.91 Å². The van der Waals surface area contributed by atoms with Crippen molar-refractivity contribution in [3.05, 3.63) is 51.4 Å². The first-order chi connectivity index (χ1) is 15.7. The van der Waals surface area contributed by atoms with E-state index in [1.807, 2.05) is 20.0 Å². The normalized spacial score (nSPS) is 15.9. The van der Waals surface area contributed by atoms with Crippen LogP contribution in [-0.2, 0) is 11.3 Å². The number of benzene rings is 1. The molecule has 33 heavy (non-hydrogen) atoms. The number of fused-ring (bicyclic) bond motifs is 1. The molecule has 1 saturated heterocycles. The van der Waals surface area contributed by atoms with Gasteiger partial charge in [0.05, 0.1) is 10.7 Å². The highest BCUT2D eigenvalue weighted by molar-refractivity contribution is 6.36. The number of imidazole rings is 1. The third-order valence-electron chi connectivity index (χ3n) is 5.92. The van der Waals surface area contributed by atoms with Crippen LogP contribution in [-0.4, -0.2) is 69.7 Å². The summed E-state index contributed by atoms with van der Waals surface area (Å²) in [4.78, 5) is 38.3. The quantitative estimate of drug-likeness (QED) is 0.594. The SMILES string of the molecule is CNCc1c(C)nc2nc(C(=O)N3CCC[C@H]3C(=O)N(C)C)cn2c1-c1ccc(Cl)cc1Cl. The van der Waals surface area contributed by atoms with Gasteiger partial charge in [0, 0.05) is 55.2 Å². The molecule has 0 unspecified atom stereocenters. The lowest BCUT2D eigenvalue weighted by Crippen LogP contribution is -2.45. The zero-order valence-corrected chi connectivity index (χ0v) is 20.5. The van der Waals surface area contributed by atoms with Crippen LogP contribution < -0.4 is 5.32 Å². The minimum absolute atomic E-state index is 0.0801. The first-order valence-electron chi connectivity index (χ1n) is 10.7. The molecule has 0 saturated carbocycles. The summed E-state index contributed by atoms with van der Waals surface area (Å²) >= 11 is 12.7. The van der Waals surface area contributed by atoms with Crippen molar-refractivity contribution in [2.75, 3.05) is 27.7 Å². The molecule has 2 aromatic heterocycles. The third kappa shape index (κ3) is 4.30. The summed E-state index contributed by atoms with van der Waals surface area (Å²) in [5.74, 6) is 0.0362. The number of carbonyl (C=O) groups is 2. The first-order valence-corrected chi connectivity index (χ1v) is 11.5. The summed E-state index contributed by atoms with van der Waals surface area (Å²) in [6, 6.07) is 4.84. The molecule has 1 fully saturated rings. The number of hydrogen-bond acceptors (Lipinski definition) is 5. The molecule has 1 N–H and O–H groups in total. The average molecular weight is 489 g/mol. The van der Waals surface area contributed by atoms with Gasteiger partial charge in [-0.25, -0.2) is 9.97 Å². The highest BCUT2D eigenvalue weighted by Gasteiger charge is 2.36. The number of aromatic nitrogens is 3. The van der Waals surface area contributed by atoms with Gasteiger partial charge in [-0.3, -0.25) is 14.0 Å². The van der Waals surface area contributed by atoms with E-state index in [0.29, 0.717) is 35.3 Å². The third-order valence-corrected chi connectivity index (χ3v) is 6.46. The van der Waals surface area contributed by atoms with Crippen LogP contribution in [0, 0.1) is 6.92 Å². The van der Waals surface area contributed by atoms with Gasteiger partial charge in [0.15, 0.2) is 0 Å². The van der Waals surface area contributed by atoms with E-state index >= 15 is 0 Å². The van der Waals surface area contributed by atoms with E-state index in [0.717, 1.165) is 28.9 Å². The van der Waals surface area contributed by atoms with E-state index in [2.05, 4.69) is 15.3 Å². The van der Waals surface area contributed by atoms with Crippen LogP contribution in [0.2, 0.25) is 10.0 Å². The second-order valence-electron chi connectivity index (χ2n) is 8.36. The average Bonchev–Trinajstić information content (AvgIpc) is 3.41. The lowest BCUT2D eigenvalue weighted by atomic mass is 10.0. The number of nitrogens with zero attached hydrogens (tertiary/aromatic N) is 5. The molecule has 3 heterocycles. The molecule has 0 aliphatic carbocycles. The Morgan fingerprint density at radius 1 is 1.24 bits per heavy atom. The summed E-state index contributed by atoms with van der Waals surface area (Å²) in [5, 5.41) is 4.20. The van der Waals surface area contributed by atoms with E-state index in [1.54, 1.807) is 41.7 Å². The highest BCUT2D eigenvalue weighted by Crippen LogP contribution is 2.34. The monoisotopic (exact) mass is 488 g/mol. The van der Waals surface area contributed by atoms with Gasteiger partial charge in [-0.15, -0.1) is 0 Å². The van der Waals surface area contributed by atoms with Crippen molar-refractivity contribution in [2.45, 2.75) is 32.4 Å².